The van der Waals surface area contributed by atoms with Crippen molar-refractivity contribution in [2.45, 2.75) is 46.6 Å². The summed E-state index contributed by atoms with van der Waals surface area (Å²) in [5, 5.41) is 2.84. The lowest BCUT2D eigenvalue weighted by Crippen LogP contribution is -2.28. The molecular formula is C25H33NO5. The van der Waals surface area contributed by atoms with Crippen molar-refractivity contribution < 1.29 is 23.8 Å². The second kappa shape index (κ2) is 12.6. The van der Waals surface area contributed by atoms with Crippen LogP contribution >= 0.6 is 0 Å². The molecule has 0 radical (unpaired) electrons. The van der Waals surface area contributed by atoms with Gasteiger partial charge in [0, 0.05) is 13.0 Å². The lowest BCUT2D eigenvalue weighted by atomic mass is 10.1. The van der Waals surface area contributed by atoms with Gasteiger partial charge in [-0.3, -0.25) is 4.79 Å². The largest absolute Gasteiger partial charge is 0.493 e. The van der Waals surface area contributed by atoms with Gasteiger partial charge in [-0.05, 0) is 61.1 Å². The maximum Gasteiger partial charge on any atom is 0.258 e. The number of ketones is 1. The fourth-order valence-corrected chi connectivity index (χ4v) is 2.82. The van der Waals surface area contributed by atoms with Crippen molar-refractivity contribution in [1.82, 2.24) is 5.32 Å². The van der Waals surface area contributed by atoms with E-state index in [-0.39, 0.29) is 18.3 Å². The van der Waals surface area contributed by atoms with Gasteiger partial charge in [-0.1, -0.05) is 32.0 Å². The second-order valence-electron chi connectivity index (χ2n) is 7.93. The van der Waals surface area contributed by atoms with Crippen LogP contribution in [0.4, 0.5) is 0 Å². The Bertz CT molecular complexity index is 845. The Morgan fingerprint density at radius 1 is 0.968 bits per heavy atom. The Labute approximate surface area is 184 Å². The molecule has 0 saturated carbocycles. The van der Waals surface area contributed by atoms with Crippen LogP contribution in [0.25, 0.3) is 0 Å². The summed E-state index contributed by atoms with van der Waals surface area (Å²) in [6.07, 6.45) is 2.21. The zero-order valence-corrected chi connectivity index (χ0v) is 18.9. The van der Waals surface area contributed by atoms with E-state index in [1.807, 2.05) is 42.5 Å². The third-order valence-corrected chi connectivity index (χ3v) is 4.73. The number of amides is 1. The zero-order chi connectivity index (χ0) is 22.6. The van der Waals surface area contributed by atoms with Gasteiger partial charge in [0.25, 0.3) is 5.91 Å². The number of benzene rings is 2. The number of nitrogens with one attached hydrogen (secondary N) is 1. The molecule has 0 atom stereocenters. The molecule has 1 amide bonds. The van der Waals surface area contributed by atoms with Crippen molar-refractivity contribution in [1.29, 1.82) is 0 Å². The van der Waals surface area contributed by atoms with Gasteiger partial charge >= 0.3 is 0 Å². The van der Waals surface area contributed by atoms with Crippen LogP contribution in [0.1, 0.15) is 44.7 Å². The Balaban J connectivity index is 1.78. The van der Waals surface area contributed by atoms with Crippen LogP contribution in [0.5, 0.6) is 17.2 Å². The highest BCUT2D eigenvalue weighted by atomic mass is 16.5. The Kier molecular flexibility index (Phi) is 9.88. The third kappa shape index (κ3) is 9.11. The number of carbonyl (C=O) groups excluding carboxylic acids is 2. The smallest absolute Gasteiger partial charge is 0.258 e. The number of methoxy groups -OCH3 is 1. The maximum absolute atomic E-state index is 12.1. The fraction of sp³-hybridized carbons (Fsp3) is 0.440. The molecular weight excluding hydrogens is 394 g/mol. The summed E-state index contributed by atoms with van der Waals surface area (Å²) < 4.78 is 16.7. The van der Waals surface area contributed by atoms with Crippen LogP contribution in [-0.4, -0.2) is 32.0 Å². The average molecular weight is 428 g/mol. The quantitative estimate of drug-likeness (QED) is 0.515. The molecule has 0 fully saturated rings. The van der Waals surface area contributed by atoms with Crippen LogP contribution in [0.2, 0.25) is 0 Å². The van der Waals surface area contributed by atoms with Crippen molar-refractivity contribution in [2.75, 3.05) is 20.3 Å². The molecule has 2 rings (SSSR count). The molecule has 0 saturated heterocycles. The maximum atomic E-state index is 12.1. The third-order valence-electron chi connectivity index (χ3n) is 4.73. The Hall–Kier alpha value is -3.02. The van der Waals surface area contributed by atoms with E-state index in [1.165, 1.54) is 0 Å². The molecule has 0 aliphatic heterocycles. The molecule has 0 aliphatic carbocycles. The minimum Gasteiger partial charge on any atom is -0.493 e. The summed E-state index contributed by atoms with van der Waals surface area (Å²) in [5.74, 6) is 2.50. The minimum absolute atomic E-state index is 0.0691. The second-order valence-corrected chi connectivity index (χ2v) is 7.93. The van der Waals surface area contributed by atoms with E-state index in [2.05, 4.69) is 19.2 Å². The van der Waals surface area contributed by atoms with Gasteiger partial charge in [0.05, 0.1) is 13.7 Å². The molecule has 6 nitrogen and oxygen atoms in total. The fourth-order valence-electron chi connectivity index (χ4n) is 2.82. The first-order chi connectivity index (χ1) is 14.9. The van der Waals surface area contributed by atoms with E-state index in [9.17, 15) is 9.59 Å². The summed E-state index contributed by atoms with van der Waals surface area (Å²) in [4.78, 5) is 23.2. The normalized spacial score (nSPS) is 10.6. The van der Waals surface area contributed by atoms with Gasteiger partial charge in [-0.2, -0.15) is 0 Å². The molecule has 0 bridgehead atoms. The molecule has 0 spiro atoms. The monoisotopic (exact) mass is 427 g/mol. The predicted octanol–water partition coefficient (Wildman–Crippen LogP) is 4.34. The van der Waals surface area contributed by atoms with Crippen LogP contribution in [0, 0.1) is 5.92 Å². The first-order valence-electron chi connectivity index (χ1n) is 10.6. The number of ether oxygens (including phenoxy) is 3. The van der Waals surface area contributed by atoms with Crippen molar-refractivity contribution in [3.63, 3.8) is 0 Å². The highest BCUT2D eigenvalue weighted by molar-refractivity contribution is 5.77. The van der Waals surface area contributed by atoms with Gasteiger partial charge in [0.15, 0.2) is 18.1 Å². The summed E-state index contributed by atoms with van der Waals surface area (Å²) in [5.41, 5.74) is 1.98. The summed E-state index contributed by atoms with van der Waals surface area (Å²) in [7, 11) is 1.60. The standard InChI is InChI=1S/C25H33NO5/c1-18(2)13-14-30-23-12-9-21(15-24(23)29-4)16-26-25(28)17-31-22-10-7-20(8-11-22)6-5-19(3)27/h7-12,15,18H,5-6,13-14,16-17H2,1-4H3,(H,26,28). The number of hydrogen-bond acceptors (Lipinski definition) is 5. The van der Waals surface area contributed by atoms with Gasteiger partial charge in [-0.25, -0.2) is 0 Å². The van der Waals surface area contributed by atoms with Crippen molar-refractivity contribution in [3.8, 4) is 17.2 Å². The van der Waals surface area contributed by atoms with Crippen molar-refractivity contribution in [2.24, 2.45) is 5.92 Å². The zero-order valence-electron chi connectivity index (χ0n) is 18.9. The van der Waals surface area contributed by atoms with Gasteiger partial charge in [-0.15, -0.1) is 0 Å². The van der Waals surface area contributed by atoms with E-state index in [4.69, 9.17) is 14.2 Å². The van der Waals surface area contributed by atoms with Crippen molar-refractivity contribution >= 4 is 11.7 Å². The van der Waals surface area contributed by atoms with E-state index in [0.717, 1.165) is 17.5 Å². The number of carbonyl (C=O) groups is 2. The van der Waals surface area contributed by atoms with Gasteiger partial charge in [0.1, 0.15) is 11.5 Å². The molecule has 2 aromatic rings. The van der Waals surface area contributed by atoms with Crippen LogP contribution in [-0.2, 0) is 22.6 Å². The number of hydrogen-bond donors (Lipinski definition) is 1. The highest BCUT2D eigenvalue weighted by Crippen LogP contribution is 2.28. The van der Waals surface area contributed by atoms with Crippen LogP contribution in [0.3, 0.4) is 0 Å². The molecule has 0 unspecified atom stereocenters. The summed E-state index contributed by atoms with van der Waals surface area (Å²) in [6.45, 7) is 6.83. The Morgan fingerprint density at radius 3 is 2.32 bits per heavy atom. The van der Waals surface area contributed by atoms with Crippen LogP contribution < -0.4 is 19.5 Å². The molecule has 168 valence electrons. The first-order valence-corrected chi connectivity index (χ1v) is 10.6. The molecule has 0 aliphatic rings. The van der Waals surface area contributed by atoms with E-state index in [0.29, 0.717) is 49.2 Å². The van der Waals surface area contributed by atoms with E-state index in [1.54, 1.807) is 14.0 Å². The Morgan fingerprint density at radius 2 is 1.68 bits per heavy atom. The number of Topliss-reactive ketones (excluding diaryl/α,β-unsaturated/α-hetero) is 1. The number of rotatable bonds is 13. The topological polar surface area (TPSA) is 73.9 Å². The van der Waals surface area contributed by atoms with Gasteiger partial charge in [0.2, 0.25) is 0 Å². The molecule has 0 heterocycles. The molecule has 0 aromatic heterocycles. The lowest BCUT2D eigenvalue weighted by molar-refractivity contribution is -0.123. The van der Waals surface area contributed by atoms with Crippen molar-refractivity contribution in [3.05, 3.63) is 53.6 Å². The van der Waals surface area contributed by atoms with Crippen LogP contribution in [0.15, 0.2) is 42.5 Å². The predicted molar refractivity (Wildman–Crippen MR) is 121 cm³/mol. The lowest BCUT2D eigenvalue weighted by Gasteiger charge is -2.13. The summed E-state index contributed by atoms with van der Waals surface area (Å²) >= 11 is 0. The van der Waals surface area contributed by atoms with Gasteiger partial charge < -0.3 is 24.3 Å². The summed E-state index contributed by atoms with van der Waals surface area (Å²) in [6, 6.07) is 13.1. The molecule has 1 N–H and O–H groups in total. The molecule has 6 heteroatoms. The number of aryl methyl sites for hydroxylation is 1. The average Bonchev–Trinajstić information content (AvgIpc) is 2.75. The van der Waals surface area contributed by atoms with E-state index < -0.39 is 0 Å². The first kappa shape index (κ1) is 24.3. The molecule has 2 aromatic carbocycles. The van der Waals surface area contributed by atoms with E-state index >= 15 is 0 Å². The minimum atomic E-state index is -0.211. The highest BCUT2D eigenvalue weighted by Gasteiger charge is 2.08. The SMILES string of the molecule is COc1cc(CNC(=O)COc2ccc(CCC(C)=O)cc2)ccc1OCCC(C)C. The molecule has 31 heavy (non-hydrogen) atoms.